The molecule has 1 aliphatic rings. The van der Waals surface area contributed by atoms with E-state index in [1.165, 1.54) is 0 Å². The van der Waals surface area contributed by atoms with Gasteiger partial charge in [0.1, 0.15) is 11.5 Å². The molecule has 4 nitrogen and oxygen atoms in total. The molecule has 0 bridgehead atoms. The molecule has 0 aromatic heterocycles. The summed E-state index contributed by atoms with van der Waals surface area (Å²) in [6.45, 7) is 5.59. The van der Waals surface area contributed by atoms with Crippen LogP contribution in [0.5, 0.6) is 11.5 Å². The van der Waals surface area contributed by atoms with E-state index in [1.54, 1.807) is 0 Å². The van der Waals surface area contributed by atoms with Gasteiger partial charge in [-0.05, 0) is 60.4 Å². The minimum Gasteiger partial charge on any atom is -0.494 e. The lowest BCUT2D eigenvalue weighted by Crippen LogP contribution is -2.04. The zero-order chi connectivity index (χ0) is 16.2. The molecule has 120 valence electrons. The Morgan fingerprint density at radius 1 is 0.783 bits per heavy atom. The van der Waals surface area contributed by atoms with Gasteiger partial charge in [-0.3, -0.25) is 0 Å². The van der Waals surface area contributed by atoms with Crippen LogP contribution in [0.15, 0.2) is 41.5 Å². The second-order valence-electron chi connectivity index (χ2n) is 5.59. The van der Waals surface area contributed by atoms with E-state index in [9.17, 15) is 0 Å². The standard InChI is InChI=1S/C19H22N2O2/c1-3-9-22-13-5-7-15-16-8-6-14(23-10-4-2)12-18(16)19(21-20)17(15)11-13/h5-8,11-12H,3-4,9-10,20H2,1-2H3. The third-order valence-electron chi connectivity index (χ3n) is 3.86. The van der Waals surface area contributed by atoms with Crippen LogP contribution in [0, 0.1) is 0 Å². The van der Waals surface area contributed by atoms with Crippen molar-refractivity contribution in [3.05, 3.63) is 47.5 Å². The Labute approximate surface area is 136 Å². The molecular weight excluding hydrogens is 288 g/mol. The highest BCUT2D eigenvalue weighted by atomic mass is 16.5. The molecule has 0 aliphatic heterocycles. The van der Waals surface area contributed by atoms with Gasteiger partial charge in [-0.15, -0.1) is 0 Å². The first-order valence-corrected chi connectivity index (χ1v) is 8.11. The predicted octanol–water partition coefficient (Wildman–Crippen LogP) is 3.96. The van der Waals surface area contributed by atoms with Crippen molar-refractivity contribution >= 4 is 5.71 Å². The van der Waals surface area contributed by atoms with Crippen LogP contribution in [0.2, 0.25) is 0 Å². The summed E-state index contributed by atoms with van der Waals surface area (Å²) >= 11 is 0. The summed E-state index contributed by atoms with van der Waals surface area (Å²) in [4.78, 5) is 0. The van der Waals surface area contributed by atoms with Gasteiger partial charge in [0.2, 0.25) is 0 Å². The van der Waals surface area contributed by atoms with Crippen molar-refractivity contribution in [1.29, 1.82) is 0 Å². The van der Waals surface area contributed by atoms with Crippen molar-refractivity contribution in [1.82, 2.24) is 0 Å². The zero-order valence-electron chi connectivity index (χ0n) is 13.6. The van der Waals surface area contributed by atoms with Crippen LogP contribution < -0.4 is 15.3 Å². The second kappa shape index (κ2) is 6.73. The first kappa shape index (κ1) is 15.4. The van der Waals surface area contributed by atoms with Gasteiger partial charge in [-0.2, -0.15) is 5.10 Å². The number of nitrogens with zero attached hydrogens (tertiary/aromatic N) is 1. The second-order valence-corrected chi connectivity index (χ2v) is 5.59. The average molecular weight is 310 g/mol. The van der Waals surface area contributed by atoms with Crippen LogP contribution in [0.1, 0.15) is 37.8 Å². The maximum atomic E-state index is 5.73. The van der Waals surface area contributed by atoms with Crippen molar-refractivity contribution in [2.45, 2.75) is 26.7 Å². The van der Waals surface area contributed by atoms with Gasteiger partial charge in [0.15, 0.2) is 0 Å². The molecular formula is C19H22N2O2. The van der Waals surface area contributed by atoms with Gasteiger partial charge in [0.05, 0.1) is 18.9 Å². The Bertz CT molecular complexity index is 679. The fraction of sp³-hybridized carbons (Fsp3) is 0.316. The largest absolute Gasteiger partial charge is 0.494 e. The molecule has 0 heterocycles. The topological polar surface area (TPSA) is 56.8 Å². The fourth-order valence-electron chi connectivity index (χ4n) is 2.81. The van der Waals surface area contributed by atoms with E-state index in [0.717, 1.165) is 52.3 Å². The Kier molecular flexibility index (Phi) is 4.51. The van der Waals surface area contributed by atoms with Gasteiger partial charge in [-0.1, -0.05) is 13.8 Å². The molecule has 1 aliphatic carbocycles. The first-order valence-electron chi connectivity index (χ1n) is 8.11. The number of hydrogen-bond donors (Lipinski definition) is 1. The minimum atomic E-state index is 0.704. The number of hydrogen-bond acceptors (Lipinski definition) is 4. The molecule has 0 saturated heterocycles. The Hall–Kier alpha value is -2.49. The Morgan fingerprint density at radius 2 is 1.26 bits per heavy atom. The van der Waals surface area contributed by atoms with Crippen LogP contribution in [-0.4, -0.2) is 18.9 Å². The van der Waals surface area contributed by atoms with E-state index in [-0.39, 0.29) is 0 Å². The lowest BCUT2D eigenvalue weighted by atomic mass is 10.1. The summed E-state index contributed by atoms with van der Waals surface area (Å²) in [7, 11) is 0. The molecule has 0 amide bonds. The number of hydrazone groups is 1. The molecule has 0 fully saturated rings. The van der Waals surface area contributed by atoms with Gasteiger partial charge >= 0.3 is 0 Å². The van der Waals surface area contributed by atoms with Crippen LogP contribution in [-0.2, 0) is 0 Å². The fourth-order valence-corrected chi connectivity index (χ4v) is 2.81. The van der Waals surface area contributed by atoms with E-state index in [1.807, 2.05) is 24.3 Å². The molecule has 4 heteroatoms. The molecule has 0 spiro atoms. The number of fused-ring (bicyclic) bond motifs is 3. The van der Waals surface area contributed by atoms with Crippen LogP contribution in [0.3, 0.4) is 0 Å². The van der Waals surface area contributed by atoms with E-state index in [0.29, 0.717) is 13.2 Å². The minimum absolute atomic E-state index is 0.704. The molecule has 0 saturated carbocycles. The van der Waals surface area contributed by atoms with Gasteiger partial charge in [0, 0.05) is 11.1 Å². The van der Waals surface area contributed by atoms with Gasteiger partial charge in [-0.25, -0.2) is 0 Å². The van der Waals surface area contributed by atoms with Crippen LogP contribution in [0.25, 0.3) is 11.1 Å². The normalized spacial score (nSPS) is 11.8. The Morgan fingerprint density at radius 3 is 1.65 bits per heavy atom. The van der Waals surface area contributed by atoms with Crippen molar-refractivity contribution in [3.8, 4) is 22.6 Å². The third-order valence-corrected chi connectivity index (χ3v) is 3.86. The van der Waals surface area contributed by atoms with Crippen molar-refractivity contribution < 1.29 is 9.47 Å². The highest BCUT2D eigenvalue weighted by Crippen LogP contribution is 2.40. The zero-order valence-corrected chi connectivity index (χ0v) is 13.6. The maximum absolute atomic E-state index is 5.73. The number of benzene rings is 2. The quantitative estimate of drug-likeness (QED) is 0.554. The molecule has 0 unspecified atom stereocenters. The highest BCUT2D eigenvalue weighted by Gasteiger charge is 2.26. The highest BCUT2D eigenvalue weighted by molar-refractivity contribution is 6.24. The average Bonchev–Trinajstić information content (AvgIpc) is 2.90. The molecule has 2 N–H and O–H groups in total. The summed E-state index contributed by atoms with van der Waals surface area (Å²) in [6, 6.07) is 12.2. The van der Waals surface area contributed by atoms with E-state index in [2.05, 4.69) is 31.1 Å². The summed E-state index contributed by atoms with van der Waals surface area (Å²) in [5.74, 6) is 7.37. The monoisotopic (exact) mass is 310 g/mol. The molecule has 2 aromatic rings. The van der Waals surface area contributed by atoms with Crippen LogP contribution >= 0.6 is 0 Å². The van der Waals surface area contributed by atoms with E-state index < -0.39 is 0 Å². The Balaban J connectivity index is 1.99. The summed E-state index contributed by atoms with van der Waals surface area (Å²) in [5, 5.41) is 4.02. The first-order chi connectivity index (χ1) is 11.3. The molecule has 3 rings (SSSR count). The molecule has 0 atom stereocenters. The van der Waals surface area contributed by atoms with Gasteiger partial charge < -0.3 is 15.3 Å². The summed E-state index contributed by atoms with van der Waals surface area (Å²) in [6.07, 6.45) is 1.96. The smallest absolute Gasteiger partial charge is 0.120 e. The van der Waals surface area contributed by atoms with E-state index >= 15 is 0 Å². The lowest BCUT2D eigenvalue weighted by Gasteiger charge is -2.07. The molecule has 23 heavy (non-hydrogen) atoms. The third kappa shape index (κ3) is 2.89. The number of rotatable bonds is 6. The van der Waals surface area contributed by atoms with Crippen molar-refractivity contribution in [2.75, 3.05) is 13.2 Å². The maximum Gasteiger partial charge on any atom is 0.120 e. The molecule has 2 aromatic carbocycles. The summed E-state index contributed by atoms with van der Waals surface area (Å²) in [5.41, 5.74) is 5.09. The lowest BCUT2D eigenvalue weighted by molar-refractivity contribution is 0.317. The number of nitrogens with two attached hydrogens (primary N) is 1. The summed E-state index contributed by atoms with van der Waals surface area (Å²) < 4.78 is 11.5. The number of ether oxygens (including phenoxy) is 2. The molecule has 0 radical (unpaired) electrons. The van der Waals surface area contributed by atoms with Crippen molar-refractivity contribution in [2.24, 2.45) is 10.9 Å². The SMILES string of the molecule is CCCOc1ccc2c(c1)C(=NN)c1cc(OCCC)ccc1-2. The van der Waals surface area contributed by atoms with E-state index in [4.69, 9.17) is 15.3 Å². The van der Waals surface area contributed by atoms with Crippen LogP contribution in [0.4, 0.5) is 0 Å². The van der Waals surface area contributed by atoms with Crippen molar-refractivity contribution in [3.63, 3.8) is 0 Å². The van der Waals surface area contributed by atoms with Gasteiger partial charge in [0.25, 0.3) is 0 Å². The predicted molar refractivity (Wildman–Crippen MR) is 93.3 cm³/mol.